The highest BCUT2D eigenvalue weighted by Gasteiger charge is 2.01. The van der Waals surface area contributed by atoms with Crippen LogP contribution in [-0.4, -0.2) is 5.11 Å². The fraction of sp³-hybridized carbons (Fsp3) is 0. The molecule has 0 heterocycles. The number of rotatable bonds is 2. The summed E-state index contributed by atoms with van der Waals surface area (Å²) in [4.78, 5) is 0. The second-order valence-electron chi connectivity index (χ2n) is 3.74. The van der Waals surface area contributed by atoms with Crippen molar-refractivity contribution in [1.82, 2.24) is 0 Å². The van der Waals surface area contributed by atoms with Gasteiger partial charge in [-0.25, -0.2) is 0 Å². The van der Waals surface area contributed by atoms with Gasteiger partial charge in [0.15, 0.2) is 5.11 Å². The van der Waals surface area contributed by atoms with Crippen LogP contribution in [0.1, 0.15) is 0 Å². The zero-order valence-corrected chi connectivity index (χ0v) is 13.5. The maximum atomic E-state index is 5.92. The largest absolute Gasteiger partial charge is 0.332 e. The van der Waals surface area contributed by atoms with Gasteiger partial charge in [-0.15, -0.1) is 0 Å². The lowest BCUT2D eigenvalue weighted by atomic mass is 10.3. The van der Waals surface area contributed by atoms with E-state index in [1.165, 1.54) is 0 Å². The van der Waals surface area contributed by atoms with E-state index in [0.717, 1.165) is 15.8 Å². The van der Waals surface area contributed by atoms with Crippen molar-refractivity contribution >= 4 is 67.8 Å². The van der Waals surface area contributed by atoms with E-state index >= 15 is 0 Å². The normalized spacial score (nSPS) is 10.1. The first-order valence-electron chi connectivity index (χ1n) is 5.32. The summed E-state index contributed by atoms with van der Waals surface area (Å²) >= 11 is 20.4. The average Bonchev–Trinajstić information content (AvgIpc) is 2.30. The Labute approximate surface area is 135 Å². The topological polar surface area (TPSA) is 24.1 Å². The molecule has 2 aromatic carbocycles. The van der Waals surface area contributed by atoms with E-state index in [9.17, 15) is 0 Å². The standard InChI is InChI=1S/C13H9BrCl2N2S/c14-8-1-3-11(4-2-8)17-13(19)18-12-6-9(15)5-10(16)7-12/h1-7H,(H2,17,18,19). The van der Waals surface area contributed by atoms with Gasteiger partial charge in [0.2, 0.25) is 0 Å². The molecule has 0 spiro atoms. The molecule has 2 nitrogen and oxygen atoms in total. The predicted molar refractivity (Wildman–Crippen MR) is 90.4 cm³/mol. The molecule has 0 atom stereocenters. The molecule has 2 rings (SSSR count). The molecule has 0 fully saturated rings. The highest BCUT2D eigenvalue weighted by molar-refractivity contribution is 9.10. The summed E-state index contributed by atoms with van der Waals surface area (Å²) in [5.74, 6) is 0. The lowest BCUT2D eigenvalue weighted by molar-refractivity contribution is 1.58. The minimum absolute atomic E-state index is 0.473. The molecular weight excluding hydrogens is 367 g/mol. The van der Waals surface area contributed by atoms with Crippen molar-refractivity contribution in [3.05, 3.63) is 57.0 Å². The van der Waals surface area contributed by atoms with Crippen molar-refractivity contribution in [3.8, 4) is 0 Å². The summed E-state index contributed by atoms with van der Waals surface area (Å²) in [6.45, 7) is 0. The van der Waals surface area contributed by atoms with E-state index in [2.05, 4.69) is 26.6 Å². The Morgan fingerprint density at radius 2 is 1.42 bits per heavy atom. The van der Waals surface area contributed by atoms with Gasteiger partial charge >= 0.3 is 0 Å². The molecular formula is C13H9BrCl2N2S. The maximum absolute atomic E-state index is 5.92. The molecule has 0 unspecified atom stereocenters. The molecule has 0 aliphatic rings. The summed E-state index contributed by atoms with van der Waals surface area (Å²) < 4.78 is 1.01. The van der Waals surface area contributed by atoms with E-state index in [1.54, 1.807) is 18.2 Å². The summed E-state index contributed by atoms with van der Waals surface area (Å²) in [6.07, 6.45) is 0. The number of thiocarbonyl (C=S) groups is 1. The van der Waals surface area contributed by atoms with E-state index in [1.807, 2.05) is 24.3 Å². The van der Waals surface area contributed by atoms with Crippen LogP contribution in [0.4, 0.5) is 11.4 Å². The molecule has 2 N–H and O–H groups in total. The minimum Gasteiger partial charge on any atom is -0.332 e. The van der Waals surface area contributed by atoms with Gasteiger partial charge in [-0.1, -0.05) is 39.1 Å². The predicted octanol–water partition coefficient (Wildman–Crippen LogP) is 5.56. The smallest absolute Gasteiger partial charge is 0.175 e. The molecule has 0 bridgehead atoms. The summed E-state index contributed by atoms with van der Waals surface area (Å²) in [5, 5.41) is 7.68. The van der Waals surface area contributed by atoms with Crippen LogP contribution in [0, 0.1) is 0 Å². The molecule has 0 amide bonds. The fourth-order valence-electron chi connectivity index (χ4n) is 1.45. The van der Waals surface area contributed by atoms with Crippen molar-refractivity contribution in [2.45, 2.75) is 0 Å². The molecule has 0 saturated heterocycles. The Morgan fingerprint density at radius 3 is 2.00 bits per heavy atom. The van der Waals surface area contributed by atoms with Crippen LogP contribution in [0.15, 0.2) is 46.9 Å². The first-order valence-corrected chi connectivity index (χ1v) is 7.28. The van der Waals surface area contributed by atoms with Gasteiger partial charge in [0, 0.05) is 25.9 Å². The van der Waals surface area contributed by atoms with Crippen molar-refractivity contribution in [3.63, 3.8) is 0 Å². The average molecular weight is 376 g/mol. The second-order valence-corrected chi connectivity index (χ2v) is 5.94. The van der Waals surface area contributed by atoms with Crippen molar-refractivity contribution in [2.75, 3.05) is 10.6 Å². The van der Waals surface area contributed by atoms with Crippen LogP contribution in [0.25, 0.3) is 0 Å². The first kappa shape index (κ1) is 14.6. The molecule has 0 aliphatic heterocycles. The zero-order chi connectivity index (χ0) is 13.8. The van der Waals surface area contributed by atoms with Gasteiger partial charge < -0.3 is 10.6 Å². The molecule has 2 aromatic rings. The van der Waals surface area contributed by atoms with Crippen LogP contribution in [-0.2, 0) is 0 Å². The SMILES string of the molecule is S=C(Nc1ccc(Br)cc1)Nc1cc(Cl)cc(Cl)c1. The third-order valence-corrected chi connectivity index (χ3v) is 3.39. The molecule has 98 valence electrons. The van der Waals surface area contributed by atoms with Crippen LogP contribution in [0.5, 0.6) is 0 Å². The lowest BCUT2D eigenvalue weighted by Gasteiger charge is -2.11. The van der Waals surface area contributed by atoms with Gasteiger partial charge in [0.25, 0.3) is 0 Å². The number of hydrogen-bond donors (Lipinski definition) is 2. The molecule has 6 heteroatoms. The number of hydrogen-bond acceptors (Lipinski definition) is 1. The van der Waals surface area contributed by atoms with Crippen molar-refractivity contribution in [1.29, 1.82) is 0 Å². The molecule has 0 saturated carbocycles. The number of nitrogens with one attached hydrogen (secondary N) is 2. The number of halogens is 3. The Kier molecular flexibility index (Phi) is 5.05. The lowest BCUT2D eigenvalue weighted by Crippen LogP contribution is -2.18. The van der Waals surface area contributed by atoms with Gasteiger partial charge in [-0.2, -0.15) is 0 Å². The zero-order valence-electron chi connectivity index (χ0n) is 9.58. The number of benzene rings is 2. The summed E-state index contributed by atoms with van der Waals surface area (Å²) in [6, 6.07) is 12.9. The van der Waals surface area contributed by atoms with Gasteiger partial charge in [-0.05, 0) is 54.7 Å². The van der Waals surface area contributed by atoms with Crippen LogP contribution in [0.2, 0.25) is 10.0 Å². The van der Waals surface area contributed by atoms with Gasteiger partial charge in [-0.3, -0.25) is 0 Å². The van der Waals surface area contributed by atoms with E-state index in [0.29, 0.717) is 15.2 Å². The van der Waals surface area contributed by atoms with Crippen LogP contribution < -0.4 is 10.6 Å². The molecule has 0 aliphatic carbocycles. The van der Waals surface area contributed by atoms with Crippen molar-refractivity contribution < 1.29 is 0 Å². The van der Waals surface area contributed by atoms with Crippen LogP contribution >= 0.6 is 51.3 Å². The quantitative estimate of drug-likeness (QED) is 0.671. The third-order valence-electron chi connectivity index (χ3n) is 2.22. The third kappa shape index (κ3) is 4.66. The van der Waals surface area contributed by atoms with E-state index in [4.69, 9.17) is 35.4 Å². The minimum atomic E-state index is 0.473. The van der Waals surface area contributed by atoms with Gasteiger partial charge in [0.1, 0.15) is 0 Å². The monoisotopic (exact) mass is 374 g/mol. The Hall–Kier alpha value is -0.810. The first-order chi connectivity index (χ1) is 9.02. The Bertz CT molecular complexity index is 582. The Balaban J connectivity index is 2.03. The van der Waals surface area contributed by atoms with Crippen LogP contribution in [0.3, 0.4) is 0 Å². The molecule has 0 radical (unpaired) electrons. The highest BCUT2D eigenvalue weighted by Crippen LogP contribution is 2.22. The van der Waals surface area contributed by atoms with Gasteiger partial charge in [0.05, 0.1) is 0 Å². The van der Waals surface area contributed by atoms with E-state index in [-0.39, 0.29) is 0 Å². The number of anilines is 2. The van der Waals surface area contributed by atoms with E-state index < -0.39 is 0 Å². The maximum Gasteiger partial charge on any atom is 0.175 e. The molecule has 19 heavy (non-hydrogen) atoms. The summed E-state index contributed by atoms with van der Waals surface area (Å²) in [5.41, 5.74) is 1.64. The summed E-state index contributed by atoms with van der Waals surface area (Å²) in [7, 11) is 0. The molecule has 0 aromatic heterocycles. The Morgan fingerprint density at radius 1 is 0.895 bits per heavy atom. The van der Waals surface area contributed by atoms with Crippen molar-refractivity contribution in [2.24, 2.45) is 0 Å². The fourth-order valence-corrected chi connectivity index (χ4v) is 2.48. The highest BCUT2D eigenvalue weighted by atomic mass is 79.9. The second kappa shape index (κ2) is 6.57.